The molecule has 1 aliphatic rings. The molecule has 1 aromatic heterocycles. The highest BCUT2D eigenvalue weighted by Crippen LogP contribution is 2.37. The topological polar surface area (TPSA) is 12.9 Å². The summed E-state index contributed by atoms with van der Waals surface area (Å²) in [5, 5.41) is 0.186. The van der Waals surface area contributed by atoms with E-state index in [2.05, 4.69) is 24.0 Å². The largest absolute Gasteiger partial charge is 0.222 e. The summed E-state index contributed by atoms with van der Waals surface area (Å²) in [7, 11) is 0. The van der Waals surface area contributed by atoms with E-state index in [9.17, 15) is 4.39 Å². The third kappa shape index (κ3) is 3.33. The number of rotatable bonds is 3. The Morgan fingerprint density at radius 2 is 1.73 bits per heavy atom. The van der Waals surface area contributed by atoms with Gasteiger partial charge in [-0.1, -0.05) is 49.2 Å². The molecule has 1 saturated carbocycles. The van der Waals surface area contributed by atoms with Gasteiger partial charge in [0, 0.05) is 5.56 Å². The summed E-state index contributed by atoms with van der Waals surface area (Å²) in [6, 6.07) is 11.6. The van der Waals surface area contributed by atoms with Gasteiger partial charge in [-0.15, -0.1) is 0 Å². The maximum atomic E-state index is 13.9. The first-order chi connectivity index (χ1) is 10.7. The van der Waals surface area contributed by atoms with Crippen molar-refractivity contribution in [3.8, 4) is 11.1 Å². The molecule has 1 aromatic carbocycles. The van der Waals surface area contributed by atoms with Crippen LogP contribution in [-0.2, 0) is 0 Å². The number of halogens is 2. The minimum absolute atomic E-state index is 0.186. The summed E-state index contributed by atoms with van der Waals surface area (Å²) < 4.78 is 13.9. The third-order valence-corrected chi connectivity index (χ3v) is 5.14. The fourth-order valence-corrected chi connectivity index (χ4v) is 3.60. The molecule has 1 heterocycles. The SMILES string of the molecule is CCC1CCC(c2ccc(-c3ccc(Cl)nc3F)cc2)CC1. The second-order valence-corrected chi connectivity index (χ2v) is 6.61. The molecule has 0 unspecified atom stereocenters. The fourth-order valence-electron chi connectivity index (χ4n) is 3.47. The van der Waals surface area contributed by atoms with E-state index >= 15 is 0 Å². The number of pyridine rings is 1. The van der Waals surface area contributed by atoms with Crippen LogP contribution < -0.4 is 0 Å². The Bertz CT molecular complexity index is 630. The molecular formula is C19H21ClFN. The predicted octanol–water partition coefficient (Wildman–Crippen LogP) is 6.22. The number of hydrogen-bond donors (Lipinski definition) is 0. The fraction of sp³-hybridized carbons (Fsp3) is 0.421. The monoisotopic (exact) mass is 317 g/mol. The molecule has 3 heteroatoms. The van der Waals surface area contributed by atoms with Gasteiger partial charge in [0.25, 0.3) is 0 Å². The van der Waals surface area contributed by atoms with Gasteiger partial charge in [0.15, 0.2) is 0 Å². The van der Waals surface area contributed by atoms with Gasteiger partial charge < -0.3 is 0 Å². The van der Waals surface area contributed by atoms with Gasteiger partial charge in [-0.2, -0.15) is 4.39 Å². The summed E-state index contributed by atoms with van der Waals surface area (Å²) in [5.74, 6) is 1.05. The number of nitrogens with zero attached hydrogens (tertiary/aromatic N) is 1. The molecule has 1 nitrogen and oxygen atoms in total. The highest BCUT2D eigenvalue weighted by Gasteiger charge is 2.21. The van der Waals surface area contributed by atoms with Crippen LogP contribution in [0.4, 0.5) is 4.39 Å². The first-order valence-corrected chi connectivity index (χ1v) is 8.47. The summed E-state index contributed by atoms with van der Waals surface area (Å²) in [4.78, 5) is 3.68. The molecule has 3 rings (SSSR count). The van der Waals surface area contributed by atoms with Crippen LogP contribution in [0.3, 0.4) is 0 Å². The molecule has 0 spiro atoms. The van der Waals surface area contributed by atoms with E-state index in [4.69, 9.17) is 11.6 Å². The van der Waals surface area contributed by atoms with E-state index < -0.39 is 5.95 Å². The molecule has 0 bridgehead atoms. The van der Waals surface area contributed by atoms with Gasteiger partial charge in [-0.05, 0) is 60.8 Å². The van der Waals surface area contributed by atoms with Crippen LogP contribution in [0.25, 0.3) is 11.1 Å². The molecule has 116 valence electrons. The lowest BCUT2D eigenvalue weighted by Crippen LogP contribution is -2.12. The summed E-state index contributed by atoms with van der Waals surface area (Å²) >= 11 is 5.70. The smallest absolute Gasteiger partial charge is 0.207 e. The van der Waals surface area contributed by atoms with E-state index in [-0.39, 0.29) is 5.15 Å². The van der Waals surface area contributed by atoms with Crippen molar-refractivity contribution >= 4 is 11.6 Å². The lowest BCUT2D eigenvalue weighted by Gasteiger charge is -2.28. The van der Waals surface area contributed by atoms with Crippen LogP contribution in [0.2, 0.25) is 5.15 Å². The van der Waals surface area contributed by atoms with Gasteiger partial charge in [-0.3, -0.25) is 0 Å². The standard InChI is InChI=1S/C19H21ClFN/c1-2-13-3-5-14(6-4-13)15-7-9-16(10-8-15)17-11-12-18(20)22-19(17)21/h7-14H,2-6H2,1H3. The second-order valence-electron chi connectivity index (χ2n) is 6.22. The molecule has 0 amide bonds. The highest BCUT2D eigenvalue weighted by molar-refractivity contribution is 6.29. The van der Waals surface area contributed by atoms with Crippen molar-refractivity contribution in [1.82, 2.24) is 4.98 Å². The minimum Gasteiger partial charge on any atom is -0.207 e. The average molecular weight is 318 g/mol. The zero-order valence-corrected chi connectivity index (χ0v) is 13.6. The zero-order valence-electron chi connectivity index (χ0n) is 12.9. The van der Waals surface area contributed by atoms with E-state index in [0.717, 1.165) is 11.5 Å². The van der Waals surface area contributed by atoms with Gasteiger partial charge >= 0.3 is 0 Å². The van der Waals surface area contributed by atoms with E-state index in [1.807, 2.05) is 12.1 Å². The van der Waals surface area contributed by atoms with E-state index in [1.54, 1.807) is 12.1 Å². The Morgan fingerprint density at radius 1 is 1.05 bits per heavy atom. The van der Waals surface area contributed by atoms with Crippen molar-refractivity contribution in [2.24, 2.45) is 5.92 Å². The molecule has 22 heavy (non-hydrogen) atoms. The Hall–Kier alpha value is -1.41. The van der Waals surface area contributed by atoms with Gasteiger partial charge in [-0.25, -0.2) is 4.98 Å². The van der Waals surface area contributed by atoms with Crippen molar-refractivity contribution in [3.05, 3.63) is 53.1 Å². The molecule has 0 radical (unpaired) electrons. The Labute approximate surface area is 136 Å². The lowest BCUT2D eigenvalue weighted by molar-refractivity contribution is 0.319. The predicted molar refractivity (Wildman–Crippen MR) is 89.6 cm³/mol. The molecular weight excluding hydrogens is 297 g/mol. The Morgan fingerprint density at radius 3 is 2.32 bits per heavy atom. The van der Waals surface area contributed by atoms with Crippen molar-refractivity contribution < 1.29 is 4.39 Å². The maximum absolute atomic E-state index is 13.9. The van der Waals surface area contributed by atoms with Gasteiger partial charge in [0.1, 0.15) is 5.15 Å². The summed E-state index contributed by atoms with van der Waals surface area (Å²) in [6.45, 7) is 2.29. The normalized spacial score (nSPS) is 21.8. The molecule has 1 aliphatic carbocycles. The van der Waals surface area contributed by atoms with Crippen LogP contribution in [0.1, 0.15) is 50.5 Å². The molecule has 2 aromatic rings. The third-order valence-electron chi connectivity index (χ3n) is 4.93. The van der Waals surface area contributed by atoms with Crippen molar-refractivity contribution in [2.45, 2.75) is 44.9 Å². The van der Waals surface area contributed by atoms with Crippen LogP contribution in [0.5, 0.6) is 0 Å². The second kappa shape index (κ2) is 6.78. The molecule has 0 N–H and O–H groups in total. The summed E-state index contributed by atoms with van der Waals surface area (Å²) in [6.07, 6.45) is 6.51. The van der Waals surface area contributed by atoms with Crippen molar-refractivity contribution in [2.75, 3.05) is 0 Å². The molecule has 0 atom stereocenters. The van der Waals surface area contributed by atoms with Gasteiger partial charge in [0.2, 0.25) is 5.95 Å². The Balaban J connectivity index is 1.75. The number of benzene rings is 1. The molecule has 0 aliphatic heterocycles. The Kier molecular flexibility index (Phi) is 4.77. The first-order valence-electron chi connectivity index (χ1n) is 8.09. The highest BCUT2D eigenvalue weighted by atomic mass is 35.5. The van der Waals surface area contributed by atoms with E-state index in [1.165, 1.54) is 37.7 Å². The van der Waals surface area contributed by atoms with Crippen LogP contribution >= 0.6 is 11.6 Å². The van der Waals surface area contributed by atoms with Crippen molar-refractivity contribution in [1.29, 1.82) is 0 Å². The van der Waals surface area contributed by atoms with Gasteiger partial charge in [0.05, 0.1) is 0 Å². The zero-order chi connectivity index (χ0) is 15.5. The van der Waals surface area contributed by atoms with Crippen LogP contribution in [0.15, 0.2) is 36.4 Å². The van der Waals surface area contributed by atoms with Crippen molar-refractivity contribution in [3.63, 3.8) is 0 Å². The number of hydrogen-bond acceptors (Lipinski definition) is 1. The number of aromatic nitrogens is 1. The summed E-state index contributed by atoms with van der Waals surface area (Å²) in [5.41, 5.74) is 2.74. The van der Waals surface area contributed by atoms with E-state index in [0.29, 0.717) is 11.5 Å². The van der Waals surface area contributed by atoms with Crippen LogP contribution in [-0.4, -0.2) is 4.98 Å². The first kappa shape index (κ1) is 15.5. The molecule has 1 fully saturated rings. The maximum Gasteiger partial charge on any atom is 0.222 e. The quantitative estimate of drug-likeness (QED) is 0.612. The van der Waals surface area contributed by atoms with Crippen LogP contribution in [0, 0.1) is 11.9 Å². The average Bonchev–Trinajstić information content (AvgIpc) is 2.55. The minimum atomic E-state index is -0.510. The molecule has 0 saturated heterocycles. The lowest BCUT2D eigenvalue weighted by atomic mass is 9.78.